The predicted molar refractivity (Wildman–Crippen MR) is 49.7 cm³/mol. The van der Waals surface area contributed by atoms with Crippen LogP contribution in [0.1, 0.15) is 33.6 Å². The van der Waals surface area contributed by atoms with Gasteiger partial charge in [-0.2, -0.15) is 13.2 Å². The van der Waals surface area contributed by atoms with E-state index in [1.165, 1.54) is 13.8 Å². The Labute approximate surface area is 91.9 Å². The summed E-state index contributed by atoms with van der Waals surface area (Å²) in [6.45, 7) is 3.63. The average Bonchev–Trinajstić information content (AvgIpc) is 2.10. The summed E-state index contributed by atoms with van der Waals surface area (Å²) in [6.07, 6.45) is -6.03. The van der Waals surface area contributed by atoms with Gasteiger partial charge in [-0.1, -0.05) is 13.3 Å². The van der Waals surface area contributed by atoms with Gasteiger partial charge in [0, 0.05) is 0 Å². The molecule has 0 aromatic heterocycles. The van der Waals surface area contributed by atoms with E-state index in [4.69, 9.17) is 9.47 Å². The largest absolute Gasteiger partial charge is 0.427 e. The summed E-state index contributed by atoms with van der Waals surface area (Å²) in [5.74, 6) is -1.17. The van der Waals surface area contributed by atoms with E-state index in [-0.39, 0.29) is 6.42 Å². The lowest BCUT2D eigenvalue weighted by Gasteiger charge is -2.45. The van der Waals surface area contributed by atoms with E-state index in [9.17, 15) is 17.6 Å². The summed E-state index contributed by atoms with van der Waals surface area (Å²) in [6, 6.07) is 0. The predicted octanol–water partition coefficient (Wildman–Crippen LogP) is 3.21. The van der Waals surface area contributed by atoms with Gasteiger partial charge >= 0.3 is 6.18 Å². The van der Waals surface area contributed by atoms with Crippen molar-refractivity contribution >= 4 is 0 Å². The third-order valence-electron chi connectivity index (χ3n) is 2.59. The molecule has 6 heteroatoms. The number of alkyl halides is 4. The summed E-state index contributed by atoms with van der Waals surface area (Å²) in [7, 11) is 0. The van der Waals surface area contributed by atoms with Gasteiger partial charge in [-0.05, 0) is 20.3 Å². The number of ether oxygens (including phenoxy) is 2. The second-order valence-electron chi connectivity index (χ2n) is 4.44. The third kappa shape index (κ3) is 2.48. The lowest BCUT2D eigenvalue weighted by Crippen LogP contribution is -2.62. The molecule has 1 heterocycles. The van der Waals surface area contributed by atoms with Crippen LogP contribution in [0.2, 0.25) is 0 Å². The fourth-order valence-electron chi connectivity index (χ4n) is 1.66. The van der Waals surface area contributed by atoms with Crippen LogP contribution < -0.4 is 0 Å². The van der Waals surface area contributed by atoms with Gasteiger partial charge in [0.2, 0.25) is 0 Å². The summed E-state index contributed by atoms with van der Waals surface area (Å²) in [5, 5.41) is 0. The maximum atomic E-state index is 13.9. The normalized spacial score (nSPS) is 35.1. The van der Waals surface area contributed by atoms with Gasteiger partial charge in [0.15, 0.2) is 5.79 Å². The van der Waals surface area contributed by atoms with E-state index in [2.05, 4.69) is 0 Å². The molecule has 0 bridgehead atoms. The number of hydrogen-bond acceptors (Lipinski definition) is 2. The van der Waals surface area contributed by atoms with Crippen LogP contribution in [-0.2, 0) is 9.47 Å². The zero-order valence-corrected chi connectivity index (χ0v) is 9.53. The first-order valence-corrected chi connectivity index (χ1v) is 5.20. The van der Waals surface area contributed by atoms with Crippen molar-refractivity contribution in [3.8, 4) is 0 Å². The molecule has 2 atom stereocenters. The van der Waals surface area contributed by atoms with E-state index in [0.717, 1.165) is 0 Å². The molecular formula is C10H16F4O2. The van der Waals surface area contributed by atoms with Crippen molar-refractivity contribution in [1.29, 1.82) is 0 Å². The lowest BCUT2D eigenvalue weighted by molar-refractivity contribution is -0.375. The molecule has 96 valence electrons. The summed E-state index contributed by atoms with van der Waals surface area (Å²) in [4.78, 5) is 0. The van der Waals surface area contributed by atoms with Crippen molar-refractivity contribution < 1.29 is 27.0 Å². The van der Waals surface area contributed by atoms with Crippen molar-refractivity contribution in [1.82, 2.24) is 0 Å². The molecule has 1 aliphatic heterocycles. The fourth-order valence-corrected chi connectivity index (χ4v) is 1.66. The molecule has 1 rings (SSSR count). The van der Waals surface area contributed by atoms with Crippen LogP contribution in [0.3, 0.4) is 0 Å². The van der Waals surface area contributed by atoms with Crippen LogP contribution in [0, 0.1) is 0 Å². The minimum atomic E-state index is -4.97. The number of rotatable bonds is 2. The van der Waals surface area contributed by atoms with Gasteiger partial charge in [-0.3, -0.25) is 0 Å². The van der Waals surface area contributed by atoms with Crippen LogP contribution in [0.5, 0.6) is 0 Å². The smallest absolute Gasteiger partial charge is 0.347 e. The van der Waals surface area contributed by atoms with Crippen LogP contribution in [0.4, 0.5) is 17.6 Å². The SMILES string of the molecule is CCCC1OC(C)(C)OCC1(F)C(F)(F)F. The molecular weight excluding hydrogens is 228 g/mol. The molecule has 0 aromatic rings. The first-order chi connectivity index (χ1) is 7.12. The van der Waals surface area contributed by atoms with E-state index in [1.807, 2.05) is 0 Å². The van der Waals surface area contributed by atoms with Gasteiger partial charge in [0.05, 0.1) is 6.61 Å². The minimum Gasteiger partial charge on any atom is -0.347 e. The Morgan fingerprint density at radius 3 is 2.31 bits per heavy atom. The highest BCUT2D eigenvalue weighted by Gasteiger charge is 2.64. The van der Waals surface area contributed by atoms with Gasteiger partial charge in [-0.15, -0.1) is 0 Å². The van der Waals surface area contributed by atoms with Gasteiger partial charge in [0.25, 0.3) is 5.67 Å². The molecule has 1 aliphatic rings. The topological polar surface area (TPSA) is 18.5 Å². The maximum Gasteiger partial charge on any atom is 0.427 e. The second-order valence-corrected chi connectivity index (χ2v) is 4.44. The summed E-state index contributed by atoms with van der Waals surface area (Å²) >= 11 is 0. The molecule has 0 amide bonds. The lowest BCUT2D eigenvalue weighted by atomic mass is 9.93. The Balaban J connectivity index is 2.92. The minimum absolute atomic E-state index is 0.0167. The maximum absolute atomic E-state index is 13.9. The highest BCUT2D eigenvalue weighted by Crippen LogP contribution is 2.44. The first-order valence-electron chi connectivity index (χ1n) is 5.20. The van der Waals surface area contributed by atoms with Crippen molar-refractivity contribution in [2.24, 2.45) is 0 Å². The number of hydrogen-bond donors (Lipinski definition) is 0. The molecule has 1 fully saturated rings. The van der Waals surface area contributed by atoms with Crippen molar-refractivity contribution in [3.63, 3.8) is 0 Å². The molecule has 16 heavy (non-hydrogen) atoms. The Kier molecular flexibility index (Phi) is 3.55. The quantitative estimate of drug-likeness (QED) is 0.694. The zero-order valence-electron chi connectivity index (χ0n) is 9.53. The molecule has 0 N–H and O–H groups in total. The fraction of sp³-hybridized carbons (Fsp3) is 1.00. The van der Waals surface area contributed by atoms with Gasteiger partial charge < -0.3 is 9.47 Å². The zero-order chi connectivity index (χ0) is 12.6. The monoisotopic (exact) mass is 244 g/mol. The van der Waals surface area contributed by atoms with E-state index >= 15 is 0 Å². The molecule has 1 saturated heterocycles. The average molecular weight is 244 g/mol. The van der Waals surface area contributed by atoms with Crippen molar-refractivity contribution in [2.75, 3.05) is 6.61 Å². The molecule has 2 nitrogen and oxygen atoms in total. The highest BCUT2D eigenvalue weighted by atomic mass is 19.4. The summed E-state index contributed by atoms with van der Waals surface area (Å²) in [5.41, 5.74) is -3.40. The highest BCUT2D eigenvalue weighted by molar-refractivity contribution is 4.98. The first kappa shape index (κ1) is 13.7. The molecule has 2 unspecified atom stereocenters. The summed E-state index contributed by atoms with van der Waals surface area (Å²) < 4.78 is 61.6. The third-order valence-corrected chi connectivity index (χ3v) is 2.59. The van der Waals surface area contributed by atoms with Gasteiger partial charge in [-0.25, -0.2) is 4.39 Å². The molecule has 0 spiro atoms. The Hall–Kier alpha value is -0.360. The molecule has 0 aliphatic carbocycles. The van der Waals surface area contributed by atoms with Crippen LogP contribution in [0.15, 0.2) is 0 Å². The Morgan fingerprint density at radius 2 is 1.88 bits per heavy atom. The second kappa shape index (κ2) is 4.14. The standard InChI is InChI=1S/C10H16F4O2/c1-4-5-7-9(11,10(12,13)14)6-15-8(2,3)16-7/h7H,4-6H2,1-3H3. The van der Waals surface area contributed by atoms with E-state index in [0.29, 0.717) is 6.42 Å². The van der Waals surface area contributed by atoms with Crippen LogP contribution in [0.25, 0.3) is 0 Å². The molecule has 0 aromatic carbocycles. The van der Waals surface area contributed by atoms with Crippen LogP contribution in [-0.4, -0.2) is 30.3 Å². The molecule has 0 radical (unpaired) electrons. The van der Waals surface area contributed by atoms with E-state index < -0.39 is 30.3 Å². The van der Waals surface area contributed by atoms with Crippen molar-refractivity contribution in [3.05, 3.63) is 0 Å². The Bertz CT molecular complexity index is 252. The number of halogens is 4. The van der Waals surface area contributed by atoms with Gasteiger partial charge in [0.1, 0.15) is 6.10 Å². The Morgan fingerprint density at radius 1 is 1.31 bits per heavy atom. The van der Waals surface area contributed by atoms with E-state index in [1.54, 1.807) is 6.92 Å². The molecule has 0 saturated carbocycles. The van der Waals surface area contributed by atoms with Crippen LogP contribution >= 0.6 is 0 Å². The van der Waals surface area contributed by atoms with Crippen molar-refractivity contribution in [2.45, 2.75) is 57.3 Å².